The highest BCUT2D eigenvalue weighted by molar-refractivity contribution is 4.61. The second-order valence-electron chi connectivity index (χ2n) is 4.93. The monoisotopic (exact) mass is 230 g/mol. The third-order valence-corrected chi connectivity index (χ3v) is 3.16. The number of rotatable bonds is 11. The molecule has 0 radical (unpaired) electrons. The Morgan fingerprint density at radius 1 is 0.750 bits per heavy atom. The smallest absolute Gasteiger partial charge is 0.0796 e. The topological polar surface area (TPSA) is 40.5 Å². The van der Waals surface area contributed by atoms with E-state index in [1.807, 2.05) is 0 Å². The molecule has 0 saturated heterocycles. The maximum Gasteiger partial charge on any atom is 0.0796 e. The van der Waals surface area contributed by atoms with Crippen molar-refractivity contribution in [2.24, 2.45) is 0 Å². The molecule has 0 aromatic rings. The molecule has 0 aliphatic rings. The van der Waals surface area contributed by atoms with Crippen molar-refractivity contribution in [3.05, 3.63) is 0 Å². The molecule has 2 nitrogen and oxygen atoms in total. The first-order valence-electron chi connectivity index (χ1n) is 7.04. The van der Waals surface area contributed by atoms with Crippen molar-refractivity contribution in [2.75, 3.05) is 0 Å². The van der Waals surface area contributed by atoms with Gasteiger partial charge in [0.05, 0.1) is 12.2 Å². The molecule has 0 aromatic carbocycles. The summed E-state index contributed by atoms with van der Waals surface area (Å²) in [5.41, 5.74) is 0. The Bertz CT molecular complexity index is 135. The fraction of sp³-hybridized carbons (Fsp3) is 1.00. The van der Waals surface area contributed by atoms with Gasteiger partial charge < -0.3 is 10.2 Å². The van der Waals surface area contributed by atoms with Crippen LogP contribution in [-0.2, 0) is 0 Å². The predicted octanol–water partition coefficient (Wildman–Crippen LogP) is 3.65. The van der Waals surface area contributed by atoms with Crippen LogP contribution < -0.4 is 0 Å². The second kappa shape index (κ2) is 11.4. The Labute approximate surface area is 101 Å². The molecule has 0 rings (SSSR count). The Morgan fingerprint density at radius 3 is 1.62 bits per heavy atom. The standard InChI is InChI=1S/C14H30O2/c1-3-4-5-6-7-8-9-10-11-12-14(16)13(2)15/h13-16H,3-12H2,1-2H3/t13-,14+/m0/s1. The molecular formula is C14H30O2. The minimum Gasteiger partial charge on any atom is -0.391 e. The van der Waals surface area contributed by atoms with E-state index in [9.17, 15) is 5.11 Å². The van der Waals surface area contributed by atoms with Crippen molar-refractivity contribution >= 4 is 0 Å². The number of hydrogen-bond acceptors (Lipinski definition) is 2. The Hall–Kier alpha value is -0.0800. The highest BCUT2D eigenvalue weighted by atomic mass is 16.3. The summed E-state index contributed by atoms with van der Waals surface area (Å²) >= 11 is 0. The first-order chi connectivity index (χ1) is 7.68. The van der Waals surface area contributed by atoms with Crippen molar-refractivity contribution in [2.45, 2.75) is 90.3 Å². The summed E-state index contributed by atoms with van der Waals surface area (Å²) in [6.45, 7) is 3.89. The van der Waals surface area contributed by atoms with Crippen LogP contribution in [0.15, 0.2) is 0 Å². The summed E-state index contributed by atoms with van der Waals surface area (Å²) in [6.07, 6.45) is 11.3. The van der Waals surface area contributed by atoms with Gasteiger partial charge in [-0.05, 0) is 13.3 Å². The van der Waals surface area contributed by atoms with Crippen LogP contribution in [0.3, 0.4) is 0 Å². The summed E-state index contributed by atoms with van der Waals surface area (Å²) in [5.74, 6) is 0. The van der Waals surface area contributed by atoms with E-state index in [1.54, 1.807) is 6.92 Å². The van der Waals surface area contributed by atoms with Crippen LogP contribution in [0.2, 0.25) is 0 Å². The van der Waals surface area contributed by atoms with Crippen LogP contribution >= 0.6 is 0 Å². The summed E-state index contributed by atoms with van der Waals surface area (Å²) in [4.78, 5) is 0. The van der Waals surface area contributed by atoms with Crippen LogP contribution in [0.25, 0.3) is 0 Å². The molecule has 0 fully saturated rings. The Balaban J connectivity index is 3.04. The fourth-order valence-corrected chi connectivity index (χ4v) is 1.91. The highest BCUT2D eigenvalue weighted by Gasteiger charge is 2.09. The van der Waals surface area contributed by atoms with Gasteiger partial charge in [0, 0.05) is 0 Å². The molecule has 0 amide bonds. The lowest BCUT2D eigenvalue weighted by molar-refractivity contribution is 0.0247. The minimum atomic E-state index is -0.575. The van der Waals surface area contributed by atoms with E-state index in [2.05, 4.69) is 6.92 Å². The summed E-state index contributed by atoms with van der Waals surface area (Å²) in [6, 6.07) is 0. The van der Waals surface area contributed by atoms with E-state index in [4.69, 9.17) is 5.11 Å². The molecule has 16 heavy (non-hydrogen) atoms. The quantitative estimate of drug-likeness (QED) is 0.532. The lowest BCUT2D eigenvalue weighted by Crippen LogP contribution is -2.21. The molecule has 0 aliphatic carbocycles. The molecule has 0 heterocycles. The molecule has 0 saturated carbocycles. The van der Waals surface area contributed by atoms with Crippen LogP contribution in [-0.4, -0.2) is 22.4 Å². The van der Waals surface area contributed by atoms with Gasteiger partial charge in [0.2, 0.25) is 0 Å². The largest absolute Gasteiger partial charge is 0.391 e. The van der Waals surface area contributed by atoms with Gasteiger partial charge in [-0.15, -0.1) is 0 Å². The van der Waals surface area contributed by atoms with E-state index in [0.717, 1.165) is 12.8 Å². The van der Waals surface area contributed by atoms with E-state index in [1.165, 1.54) is 51.4 Å². The molecule has 0 aliphatic heterocycles. The third kappa shape index (κ3) is 10.4. The van der Waals surface area contributed by atoms with Gasteiger partial charge in [0.1, 0.15) is 0 Å². The SMILES string of the molecule is CCCCCCCCCCC[C@@H](O)[C@H](C)O. The molecule has 0 aromatic heterocycles. The molecule has 0 spiro atoms. The fourth-order valence-electron chi connectivity index (χ4n) is 1.91. The van der Waals surface area contributed by atoms with Crippen molar-refractivity contribution in [3.63, 3.8) is 0 Å². The zero-order valence-corrected chi connectivity index (χ0v) is 11.1. The molecule has 0 bridgehead atoms. The van der Waals surface area contributed by atoms with E-state index in [-0.39, 0.29) is 0 Å². The predicted molar refractivity (Wildman–Crippen MR) is 69.5 cm³/mol. The number of hydrogen-bond donors (Lipinski definition) is 2. The normalized spacial score (nSPS) is 15.0. The average molecular weight is 230 g/mol. The third-order valence-electron chi connectivity index (χ3n) is 3.16. The molecule has 2 atom stereocenters. The van der Waals surface area contributed by atoms with E-state index >= 15 is 0 Å². The van der Waals surface area contributed by atoms with Gasteiger partial charge in [-0.1, -0.05) is 64.7 Å². The summed E-state index contributed by atoms with van der Waals surface area (Å²) in [5, 5.41) is 18.5. The number of unbranched alkanes of at least 4 members (excludes halogenated alkanes) is 8. The van der Waals surface area contributed by atoms with E-state index < -0.39 is 12.2 Å². The molecule has 2 N–H and O–H groups in total. The van der Waals surface area contributed by atoms with Gasteiger partial charge in [-0.3, -0.25) is 0 Å². The van der Waals surface area contributed by atoms with Crippen LogP contribution in [0.5, 0.6) is 0 Å². The average Bonchev–Trinajstić information content (AvgIpc) is 2.26. The van der Waals surface area contributed by atoms with Gasteiger partial charge in [-0.25, -0.2) is 0 Å². The number of aliphatic hydroxyl groups is 2. The van der Waals surface area contributed by atoms with Crippen LogP contribution in [0.1, 0.15) is 78.1 Å². The molecule has 98 valence electrons. The van der Waals surface area contributed by atoms with Crippen LogP contribution in [0, 0.1) is 0 Å². The lowest BCUT2D eigenvalue weighted by Gasteiger charge is -2.12. The van der Waals surface area contributed by atoms with Gasteiger partial charge in [-0.2, -0.15) is 0 Å². The first-order valence-corrected chi connectivity index (χ1v) is 7.04. The highest BCUT2D eigenvalue weighted by Crippen LogP contribution is 2.12. The van der Waals surface area contributed by atoms with Crippen LogP contribution in [0.4, 0.5) is 0 Å². The van der Waals surface area contributed by atoms with Gasteiger partial charge in [0.15, 0.2) is 0 Å². The summed E-state index contributed by atoms with van der Waals surface area (Å²) < 4.78 is 0. The maximum atomic E-state index is 9.38. The Morgan fingerprint density at radius 2 is 1.19 bits per heavy atom. The lowest BCUT2D eigenvalue weighted by atomic mass is 10.0. The van der Waals surface area contributed by atoms with Crippen molar-refractivity contribution < 1.29 is 10.2 Å². The molecular weight excluding hydrogens is 200 g/mol. The second-order valence-corrected chi connectivity index (χ2v) is 4.93. The van der Waals surface area contributed by atoms with Crippen molar-refractivity contribution in [1.82, 2.24) is 0 Å². The Kier molecular flexibility index (Phi) is 11.3. The van der Waals surface area contributed by atoms with E-state index in [0.29, 0.717) is 0 Å². The maximum absolute atomic E-state index is 9.38. The zero-order valence-electron chi connectivity index (χ0n) is 11.1. The number of aliphatic hydroxyl groups excluding tert-OH is 2. The summed E-state index contributed by atoms with van der Waals surface area (Å²) in [7, 11) is 0. The minimum absolute atomic E-state index is 0.524. The first kappa shape index (κ1) is 15.9. The molecule has 2 heteroatoms. The zero-order chi connectivity index (χ0) is 12.2. The van der Waals surface area contributed by atoms with Gasteiger partial charge in [0.25, 0.3) is 0 Å². The van der Waals surface area contributed by atoms with Gasteiger partial charge >= 0.3 is 0 Å². The van der Waals surface area contributed by atoms with Crippen molar-refractivity contribution in [1.29, 1.82) is 0 Å². The molecule has 0 unspecified atom stereocenters. The van der Waals surface area contributed by atoms with Crippen molar-refractivity contribution in [3.8, 4) is 0 Å².